The maximum Gasteiger partial charge on any atom is 0.326 e. The highest BCUT2D eigenvalue weighted by Crippen LogP contribution is 2.11. The van der Waals surface area contributed by atoms with E-state index in [4.69, 9.17) is 21.1 Å². The molecule has 0 aliphatic heterocycles. The molecule has 0 aliphatic rings. The molecule has 0 fully saturated rings. The third-order valence-electron chi connectivity index (χ3n) is 4.55. The van der Waals surface area contributed by atoms with Crippen LogP contribution in [-0.2, 0) is 35.2 Å². The quantitative estimate of drug-likeness (QED) is 0.122. The molecule has 15 heteroatoms. The van der Waals surface area contributed by atoms with Crippen LogP contribution in [0.3, 0.4) is 0 Å². The van der Waals surface area contributed by atoms with E-state index >= 15 is 0 Å². The van der Waals surface area contributed by atoms with E-state index in [1.165, 1.54) is 24.3 Å². The van der Waals surface area contributed by atoms with Crippen LogP contribution in [0.15, 0.2) is 24.3 Å². The summed E-state index contributed by atoms with van der Waals surface area (Å²) in [6, 6.07) is -0.790. The lowest BCUT2D eigenvalue weighted by Gasteiger charge is -2.23. The Balaban J connectivity index is 2.85. The average Bonchev–Trinajstić information content (AvgIpc) is 2.76. The second kappa shape index (κ2) is 13.5. The molecule has 1 aromatic carbocycles. The van der Waals surface area contributed by atoms with Crippen molar-refractivity contribution in [3.05, 3.63) is 29.8 Å². The molecule has 1 rings (SSSR count). The molecule has 0 radical (unpaired) electrons. The van der Waals surface area contributed by atoms with Gasteiger partial charge in [0.15, 0.2) is 0 Å². The van der Waals surface area contributed by atoms with Gasteiger partial charge in [-0.25, -0.2) is 4.79 Å². The number of nitrogens with two attached hydrogens (primary N) is 1. The van der Waals surface area contributed by atoms with E-state index < -0.39 is 79.2 Å². The number of nitrogens with one attached hydrogen (secondary N) is 3. The second-order valence-electron chi connectivity index (χ2n) is 7.38. The van der Waals surface area contributed by atoms with Gasteiger partial charge in [-0.1, -0.05) is 12.1 Å². The molecular weight excluding hydrogens is 472 g/mol. The summed E-state index contributed by atoms with van der Waals surface area (Å²) in [5, 5.41) is 51.5. The number of aliphatic hydroxyl groups is 1. The lowest BCUT2D eigenvalue weighted by atomic mass is 10.1. The minimum absolute atomic E-state index is 0.00127. The fourth-order valence-electron chi connectivity index (χ4n) is 2.75. The number of hydrogen-bond donors (Lipinski definition) is 9. The molecule has 0 saturated carbocycles. The number of carboxylic acids is 3. The topological polar surface area (TPSA) is 266 Å². The van der Waals surface area contributed by atoms with Crippen molar-refractivity contribution in [3.8, 4) is 5.75 Å². The molecular formula is C20H26N4O11. The second-order valence-corrected chi connectivity index (χ2v) is 7.38. The predicted octanol–water partition coefficient (Wildman–Crippen LogP) is -3.26. The van der Waals surface area contributed by atoms with Gasteiger partial charge in [0, 0.05) is 0 Å². The van der Waals surface area contributed by atoms with Crippen molar-refractivity contribution in [2.45, 2.75) is 43.4 Å². The van der Waals surface area contributed by atoms with Crippen LogP contribution in [0.2, 0.25) is 0 Å². The van der Waals surface area contributed by atoms with E-state index in [9.17, 15) is 39.0 Å². The van der Waals surface area contributed by atoms with Crippen molar-refractivity contribution in [1.29, 1.82) is 0 Å². The SMILES string of the molecule is NC(Cc1ccc(O)cc1)C(=O)NC(CO)C(=O)NC(CC(=O)O)C(=O)NC(CC(=O)O)C(=O)O. The summed E-state index contributed by atoms with van der Waals surface area (Å²) in [6.45, 7) is -0.957. The van der Waals surface area contributed by atoms with Crippen molar-refractivity contribution in [2.75, 3.05) is 6.61 Å². The highest BCUT2D eigenvalue weighted by Gasteiger charge is 2.32. The number of hydrogen-bond acceptors (Lipinski definition) is 9. The number of aliphatic hydroxyl groups excluding tert-OH is 1. The number of amides is 3. The Morgan fingerprint density at radius 1 is 0.743 bits per heavy atom. The smallest absolute Gasteiger partial charge is 0.326 e. The summed E-state index contributed by atoms with van der Waals surface area (Å²) < 4.78 is 0. The lowest BCUT2D eigenvalue weighted by molar-refractivity contribution is -0.148. The zero-order valence-corrected chi connectivity index (χ0v) is 18.2. The van der Waals surface area contributed by atoms with Crippen LogP contribution < -0.4 is 21.7 Å². The molecule has 0 aliphatic carbocycles. The van der Waals surface area contributed by atoms with Crippen LogP contribution in [0.5, 0.6) is 5.75 Å². The van der Waals surface area contributed by atoms with E-state index in [1.807, 2.05) is 10.6 Å². The van der Waals surface area contributed by atoms with Gasteiger partial charge in [-0.2, -0.15) is 0 Å². The monoisotopic (exact) mass is 498 g/mol. The van der Waals surface area contributed by atoms with Crippen LogP contribution in [0.25, 0.3) is 0 Å². The maximum absolute atomic E-state index is 12.5. The van der Waals surface area contributed by atoms with E-state index in [2.05, 4.69) is 5.32 Å². The minimum Gasteiger partial charge on any atom is -0.508 e. The molecule has 0 heterocycles. The molecule has 192 valence electrons. The number of phenols is 1. The Kier molecular flexibility index (Phi) is 11.1. The summed E-state index contributed by atoms with van der Waals surface area (Å²) >= 11 is 0. The van der Waals surface area contributed by atoms with Crippen LogP contribution in [-0.4, -0.2) is 91.9 Å². The minimum atomic E-state index is -1.90. The average molecular weight is 498 g/mol. The van der Waals surface area contributed by atoms with Crippen molar-refractivity contribution in [3.63, 3.8) is 0 Å². The van der Waals surface area contributed by atoms with E-state index in [0.29, 0.717) is 5.56 Å². The van der Waals surface area contributed by atoms with Gasteiger partial charge in [0.05, 0.1) is 25.5 Å². The van der Waals surface area contributed by atoms with Gasteiger partial charge in [0.2, 0.25) is 17.7 Å². The number of phenolic OH excluding ortho intramolecular Hbond substituents is 1. The first-order valence-electron chi connectivity index (χ1n) is 10.1. The van der Waals surface area contributed by atoms with Gasteiger partial charge in [-0.15, -0.1) is 0 Å². The Morgan fingerprint density at radius 2 is 1.20 bits per heavy atom. The van der Waals surface area contributed by atoms with Crippen LogP contribution in [0, 0.1) is 0 Å². The molecule has 0 aromatic heterocycles. The van der Waals surface area contributed by atoms with Gasteiger partial charge >= 0.3 is 17.9 Å². The summed E-state index contributed by atoms with van der Waals surface area (Å²) in [6.07, 6.45) is -2.01. The van der Waals surface area contributed by atoms with E-state index in [1.54, 1.807) is 0 Å². The highest BCUT2D eigenvalue weighted by atomic mass is 16.4. The third kappa shape index (κ3) is 10.1. The third-order valence-corrected chi connectivity index (χ3v) is 4.55. The zero-order chi connectivity index (χ0) is 26.7. The van der Waals surface area contributed by atoms with Crippen molar-refractivity contribution < 1.29 is 54.3 Å². The van der Waals surface area contributed by atoms with Crippen LogP contribution in [0.1, 0.15) is 18.4 Å². The molecule has 10 N–H and O–H groups in total. The number of rotatable bonds is 14. The Morgan fingerprint density at radius 3 is 1.69 bits per heavy atom. The van der Waals surface area contributed by atoms with Crippen molar-refractivity contribution in [2.24, 2.45) is 5.73 Å². The first-order chi connectivity index (χ1) is 16.3. The molecule has 4 atom stereocenters. The molecule has 0 saturated heterocycles. The summed E-state index contributed by atoms with van der Waals surface area (Å²) in [5.41, 5.74) is 6.38. The fraction of sp³-hybridized carbons (Fsp3) is 0.400. The van der Waals surface area contributed by atoms with Gasteiger partial charge in [0.1, 0.15) is 23.9 Å². The Bertz CT molecular complexity index is 951. The molecule has 0 spiro atoms. The van der Waals surface area contributed by atoms with Gasteiger partial charge in [-0.3, -0.25) is 24.0 Å². The van der Waals surface area contributed by atoms with Crippen LogP contribution in [0.4, 0.5) is 0 Å². The fourth-order valence-corrected chi connectivity index (χ4v) is 2.75. The van der Waals surface area contributed by atoms with Crippen molar-refractivity contribution >= 4 is 35.6 Å². The highest BCUT2D eigenvalue weighted by molar-refractivity contribution is 5.96. The molecule has 4 unspecified atom stereocenters. The van der Waals surface area contributed by atoms with Gasteiger partial charge < -0.3 is 47.2 Å². The zero-order valence-electron chi connectivity index (χ0n) is 18.2. The number of carboxylic acid groups (broad SMARTS) is 3. The van der Waals surface area contributed by atoms with Crippen LogP contribution >= 0.6 is 0 Å². The largest absolute Gasteiger partial charge is 0.508 e. The normalized spacial score (nSPS) is 14.0. The number of benzene rings is 1. The number of aromatic hydroxyl groups is 1. The molecule has 1 aromatic rings. The molecule has 3 amide bonds. The Hall–Kier alpha value is -4.24. The maximum atomic E-state index is 12.5. The predicted molar refractivity (Wildman–Crippen MR) is 115 cm³/mol. The van der Waals surface area contributed by atoms with E-state index in [-0.39, 0.29) is 12.2 Å². The summed E-state index contributed by atoms with van der Waals surface area (Å²) in [7, 11) is 0. The number of carbonyl (C=O) groups is 6. The van der Waals surface area contributed by atoms with Crippen molar-refractivity contribution in [1.82, 2.24) is 16.0 Å². The molecule has 0 bridgehead atoms. The van der Waals surface area contributed by atoms with Gasteiger partial charge in [0.25, 0.3) is 0 Å². The molecule has 15 nitrogen and oxygen atoms in total. The first kappa shape index (κ1) is 28.8. The first-order valence-corrected chi connectivity index (χ1v) is 10.1. The number of aliphatic carboxylic acids is 3. The lowest BCUT2D eigenvalue weighted by Crippen LogP contribution is -2.58. The standard InChI is InChI=1S/C20H26N4O11/c21-11(5-9-1-3-10(26)4-2-9)17(31)24-14(8-25)19(33)22-12(6-15(27)28)18(32)23-13(20(34)35)7-16(29)30/h1-4,11-14,25-26H,5-8,21H2,(H,22,33)(H,23,32)(H,24,31)(H,27,28)(H,29,30)(H,34,35). The summed E-state index contributed by atoms with van der Waals surface area (Å²) in [4.78, 5) is 70.2. The summed E-state index contributed by atoms with van der Waals surface area (Å²) in [5.74, 6) is -8.16. The molecule has 35 heavy (non-hydrogen) atoms. The Labute approximate surface area is 197 Å². The number of carbonyl (C=O) groups excluding carboxylic acids is 3. The van der Waals surface area contributed by atoms with Gasteiger partial charge in [-0.05, 0) is 24.1 Å². The van der Waals surface area contributed by atoms with E-state index in [0.717, 1.165) is 0 Å².